The van der Waals surface area contributed by atoms with Crippen molar-refractivity contribution < 1.29 is 4.39 Å². The van der Waals surface area contributed by atoms with Crippen molar-refractivity contribution in [1.82, 2.24) is 0 Å². The molecule has 19 heavy (non-hydrogen) atoms. The Bertz CT molecular complexity index is 544. The van der Waals surface area contributed by atoms with E-state index in [9.17, 15) is 4.39 Å². The van der Waals surface area contributed by atoms with E-state index < -0.39 is 0 Å². The lowest BCUT2D eigenvalue weighted by Gasteiger charge is -2.09. The van der Waals surface area contributed by atoms with Crippen molar-refractivity contribution in [2.75, 3.05) is 0 Å². The van der Waals surface area contributed by atoms with Crippen molar-refractivity contribution in [1.29, 1.82) is 0 Å². The van der Waals surface area contributed by atoms with Crippen molar-refractivity contribution in [2.24, 2.45) is 5.73 Å². The van der Waals surface area contributed by atoms with Crippen LogP contribution in [0.4, 0.5) is 4.39 Å². The summed E-state index contributed by atoms with van der Waals surface area (Å²) in [5, 5.41) is 0. The quantitative estimate of drug-likeness (QED) is 0.880. The first-order valence-corrected chi connectivity index (χ1v) is 6.72. The lowest BCUT2D eigenvalue weighted by Crippen LogP contribution is -2.07. The van der Waals surface area contributed by atoms with Gasteiger partial charge in [0.2, 0.25) is 0 Å². The molecule has 0 spiro atoms. The van der Waals surface area contributed by atoms with Gasteiger partial charge in [-0.15, -0.1) is 0 Å². The fourth-order valence-corrected chi connectivity index (χ4v) is 2.18. The summed E-state index contributed by atoms with van der Waals surface area (Å²) >= 11 is 0. The van der Waals surface area contributed by atoms with Gasteiger partial charge in [0.05, 0.1) is 0 Å². The Hall–Kier alpha value is -1.67. The Morgan fingerprint density at radius 1 is 1.00 bits per heavy atom. The van der Waals surface area contributed by atoms with Crippen LogP contribution in [0.15, 0.2) is 42.5 Å². The molecular formula is C17H20FN. The standard InChI is InChI=1S/C17H20FN/c1-3-13-4-6-14(7-5-13)10-15-8-9-16(12(2)19)17(18)11-15/h4-9,11-12H,3,10,19H2,1-2H3/t12-/m1/s1. The topological polar surface area (TPSA) is 26.0 Å². The molecule has 0 aliphatic heterocycles. The van der Waals surface area contributed by atoms with Gasteiger partial charge in [0.25, 0.3) is 0 Å². The third kappa shape index (κ3) is 3.42. The summed E-state index contributed by atoms with van der Waals surface area (Å²) < 4.78 is 13.8. The zero-order valence-corrected chi connectivity index (χ0v) is 11.5. The number of hydrogen-bond donors (Lipinski definition) is 1. The minimum absolute atomic E-state index is 0.210. The molecule has 0 unspecified atom stereocenters. The smallest absolute Gasteiger partial charge is 0.128 e. The van der Waals surface area contributed by atoms with E-state index in [4.69, 9.17) is 5.73 Å². The van der Waals surface area contributed by atoms with Crippen molar-refractivity contribution in [3.05, 3.63) is 70.5 Å². The molecular weight excluding hydrogens is 237 g/mol. The van der Waals surface area contributed by atoms with E-state index in [2.05, 4.69) is 31.2 Å². The maximum absolute atomic E-state index is 13.8. The lowest BCUT2D eigenvalue weighted by atomic mass is 10.00. The summed E-state index contributed by atoms with van der Waals surface area (Å²) in [6.45, 7) is 3.93. The van der Waals surface area contributed by atoms with Crippen LogP contribution in [0.25, 0.3) is 0 Å². The highest BCUT2D eigenvalue weighted by atomic mass is 19.1. The molecule has 1 nitrogen and oxygen atoms in total. The molecule has 0 aliphatic carbocycles. The van der Waals surface area contributed by atoms with E-state index in [1.807, 2.05) is 6.07 Å². The molecule has 0 aliphatic rings. The molecule has 0 heterocycles. The number of aryl methyl sites for hydroxylation is 1. The number of rotatable bonds is 4. The summed E-state index contributed by atoms with van der Waals surface area (Å²) in [6.07, 6.45) is 1.79. The van der Waals surface area contributed by atoms with Crippen molar-refractivity contribution in [3.8, 4) is 0 Å². The first kappa shape index (κ1) is 13.8. The SMILES string of the molecule is CCc1ccc(Cc2ccc([C@@H](C)N)c(F)c2)cc1. The van der Waals surface area contributed by atoms with Crippen molar-refractivity contribution in [2.45, 2.75) is 32.7 Å². The predicted molar refractivity (Wildman–Crippen MR) is 77.6 cm³/mol. The Morgan fingerprint density at radius 2 is 1.58 bits per heavy atom. The molecule has 0 amide bonds. The van der Waals surface area contributed by atoms with Crippen LogP contribution in [0.1, 0.15) is 42.1 Å². The average Bonchev–Trinajstić information content (AvgIpc) is 2.39. The molecule has 0 saturated heterocycles. The van der Waals surface area contributed by atoms with E-state index in [0.29, 0.717) is 5.56 Å². The van der Waals surface area contributed by atoms with Crippen molar-refractivity contribution >= 4 is 0 Å². The maximum Gasteiger partial charge on any atom is 0.128 e. The maximum atomic E-state index is 13.8. The number of benzene rings is 2. The molecule has 2 rings (SSSR count). The van der Waals surface area contributed by atoms with E-state index in [1.54, 1.807) is 19.1 Å². The van der Waals surface area contributed by atoms with Gasteiger partial charge in [-0.3, -0.25) is 0 Å². The number of hydrogen-bond acceptors (Lipinski definition) is 1. The minimum atomic E-state index is -0.266. The fraction of sp³-hybridized carbons (Fsp3) is 0.294. The van der Waals surface area contributed by atoms with Crippen LogP contribution in [0, 0.1) is 5.82 Å². The fourth-order valence-electron chi connectivity index (χ4n) is 2.18. The van der Waals surface area contributed by atoms with Crippen LogP contribution in [0.2, 0.25) is 0 Å². The zero-order valence-electron chi connectivity index (χ0n) is 11.5. The monoisotopic (exact) mass is 257 g/mol. The number of nitrogens with two attached hydrogens (primary N) is 1. The van der Waals surface area contributed by atoms with Crippen LogP contribution in [-0.4, -0.2) is 0 Å². The molecule has 0 aromatic heterocycles. The van der Waals surface area contributed by atoms with Gasteiger partial charge >= 0.3 is 0 Å². The molecule has 0 fully saturated rings. The second kappa shape index (κ2) is 5.98. The summed E-state index contributed by atoms with van der Waals surface area (Å²) in [4.78, 5) is 0. The Morgan fingerprint density at radius 3 is 2.11 bits per heavy atom. The zero-order chi connectivity index (χ0) is 13.8. The first-order valence-electron chi connectivity index (χ1n) is 6.72. The van der Waals surface area contributed by atoms with Gasteiger partial charge in [-0.2, -0.15) is 0 Å². The Kier molecular flexibility index (Phi) is 4.33. The summed E-state index contributed by atoms with van der Waals surface area (Å²) in [5.41, 5.74) is 9.78. The van der Waals surface area contributed by atoms with E-state index >= 15 is 0 Å². The van der Waals surface area contributed by atoms with Gasteiger partial charge in [0.15, 0.2) is 0 Å². The van der Waals surface area contributed by atoms with Gasteiger partial charge in [0.1, 0.15) is 5.82 Å². The van der Waals surface area contributed by atoms with Crippen LogP contribution in [0.3, 0.4) is 0 Å². The summed E-state index contributed by atoms with van der Waals surface area (Å²) in [6, 6.07) is 13.5. The molecule has 2 heteroatoms. The van der Waals surface area contributed by atoms with Gasteiger partial charge in [-0.05, 0) is 42.5 Å². The molecule has 2 aromatic rings. The van der Waals surface area contributed by atoms with Gasteiger partial charge in [-0.25, -0.2) is 4.39 Å². The van der Waals surface area contributed by atoms with E-state index in [0.717, 1.165) is 18.4 Å². The number of halogens is 1. The largest absolute Gasteiger partial charge is 0.324 e. The van der Waals surface area contributed by atoms with Gasteiger partial charge in [-0.1, -0.05) is 43.3 Å². The summed E-state index contributed by atoms with van der Waals surface area (Å²) in [5.74, 6) is -0.210. The Balaban J connectivity index is 2.16. The van der Waals surface area contributed by atoms with Crippen LogP contribution >= 0.6 is 0 Å². The van der Waals surface area contributed by atoms with Crippen LogP contribution < -0.4 is 5.73 Å². The highest BCUT2D eigenvalue weighted by molar-refractivity contribution is 5.32. The molecule has 2 N–H and O–H groups in total. The molecule has 1 atom stereocenters. The predicted octanol–water partition coefficient (Wildman–Crippen LogP) is 4.00. The normalized spacial score (nSPS) is 12.4. The summed E-state index contributed by atoms with van der Waals surface area (Å²) in [7, 11) is 0. The van der Waals surface area contributed by atoms with E-state index in [-0.39, 0.29) is 11.9 Å². The highest BCUT2D eigenvalue weighted by Gasteiger charge is 2.07. The third-order valence-electron chi connectivity index (χ3n) is 3.39. The van der Waals surface area contributed by atoms with Crippen LogP contribution in [0.5, 0.6) is 0 Å². The second-order valence-electron chi connectivity index (χ2n) is 4.99. The average molecular weight is 257 g/mol. The van der Waals surface area contributed by atoms with Gasteiger partial charge in [0, 0.05) is 11.6 Å². The Labute approximate surface area is 114 Å². The highest BCUT2D eigenvalue weighted by Crippen LogP contribution is 2.18. The van der Waals surface area contributed by atoms with Crippen molar-refractivity contribution in [3.63, 3.8) is 0 Å². The van der Waals surface area contributed by atoms with Gasteiger partial charge < -0.3 is 5.73 Å². The lowest BCUT2D eigenvalue weighted by molar-refractivity contribution is 0.592. The molecule has 0 bridgehead atoms. The third-order valence-corrected chi connectivity index (χ3v) is 3.39. The molecule has 2 aromatic carbocycles. The molecule has 0 saturated carbocycles. The second-order valence-corrected chi connectivity index (χ2v) is 4.99. The minimum Gasteiger partial charge on any atom is -0.324 e. The molecule has 100 valence electrons. The van der Waals surface area contributed by atoms with Crippen LogP contribution in [-0.2, 0) is 12.8 Å². The van der Waals surface area contributed by atoms with E-state index in [1.165, 1.54) is 11.1 Å². The molecule has 0 radical (unpaired) electrons. The first-order chi connectivity index (χ1) is 9.10.